The van der Waals surface area contributed by atoms with Crippen molar-refractivity contribution < 1.29 is 4.74 Å². The lowest BCUT2D eigenvalue weighted by molar-refractivity contribution is 0.187. The normalized spacial score (nSPS) is 36.8. The van der Waals surface area contributed by atoms with Crippen LogP contribution in [0.15, 0.2) is 4.99 Å². The predicted octanol–water partition coefficient (Wildman–Crippen LogP) is 1.10. The van der Waals surface area contributed by atoms with E-state index in [0.717, 1.165) is 30.7 Å². The van der Waals surface area contributed by atoms with Crippen LogP contribution in [0.5, 0.6) is 0 Å². The Bertz CT molecular complexity index is 202. The summed E-state index contributed by atoms with van der Waals surface area (Å²) in [5.74, 6) is 1.81. The highest BCUT2D eigenvalue weighted by Crippen LogP contribution is 2.16. The number of nitrogens with zero attached hydrogens (tertiary/aromatic N) is 1. The van der Waals surface area contributed by atoms with Crippen molar-refractivity contribution in [2.24, 2.45) is 10.9 Å². The van der Waals surface area contributed by atoms with Crippen molar-refractivity contribution in [1.29, 1.82) is 0 Å². The highest BCUT2D eigenvalue weighted by molar-refractivity contribution is 8.14. The van der Waals surface area contributed by atoms with Crippen molar-refractivity contribution in [3.05, 3.63) is 0 Å². The highest BCUT2D eigenvalue weighted by atomic mass is 32.2. The molecule has 1 N–H and O–H groups in total. The Kier molecular flexibility index (Phi) is 3.11. The van der Waals surface area contributed by atoms with Crippen molar-refractivity contribution in [3.63, 3.8) is 0 Å². The minimum absolute atomic E-state index is 0.587. The van der Waals surface area contributed by atoms with Crippen LogP contribution in [0.25, 0.3) is 0 Å². The van der Waals surface area contributed by atoms with Crippen LogP contribution in [0.4, 0.5) is 0 Å². The van der Waals surface area contributed by atoms with E-state index < -0.39 is 0 Å². The molecule has 2 aliphatic rings. The van der Waals surface area contributed by atoms with Gasteiger partial charge in [0, 0.05) is 30.9 Å². The molecule has 0 aromatic rings. The van der Waals surface area contributed by atoms with Crippen LogP contribution in [0, 0.1) is 5.92 Å². The van der Waals surface area contributed by atoms with Gasteiger partial charge in [-0.05, 0) is 13.3 Å². The smallest absolute Gasteiger partial charge is 0.156 e. The van der Waals surface area contributed by atoms with E-state index in [9.17, 15) is 0 Å². The van der Waals surface area contributed by atoms with Gasteiger partial charge in [-0.2, -0.15) is 0 Å². The summed E-state index contributed by atoms with van der Waals surface area (Å²) in [6.45, 7) is 4.94. The number of hydrogen-bond acceptors (Lipinski definition) is 3. The molecule has 2 heterocycles. The Balaban J connectivity index is 1.76. The zero-order chi connectivity index (χ0) is 9.10. The van der Waals surface area contributed by atoms with E-state index in [1.807, 2.05) is 11.8 Å². The van der Waals surface area contributed by atoms with E-state index in [4.69, 9.17) is 4.74 Å². The van der Waals surface area contributed by atoms with Crippen LogP contribution < -0.4 is 5.32 Å². The molecule has 0 amide bonds. The van der Waals surface area contributed by atoms with E-state index in [1.165, 1.54) is 6.42 Å². The summed E-state index contributed by atoms with van der Waals surface area (Å²) in [5.41, 5.74) is 0. The van der Waals surface area contributed by atoms with Gasteiger partial charge in [-0.1, -0.05) is 11.8 Å². The van der Waals surface area contributed by atoms with Gasteiger partial charge < -0.3 is 10.1 Å². The maximum absolute atomic E-state index is 5.30. The van der Waals surface area contributed by atoms with Crippen LogP contribution in [0.3, 0.4) is 0 Å². The average molecular weight is 200 g/mol. The molecule has 3 nitrogen and oxygen atoms in total. The SMILES string of the molecule is CC1CSC(=NCC2CCOC2)N1. The van der Waals surface area contributed by atoms with Crippen LogP contribution in [0.2, 0.25) is 0 Å². The fraction of sp³-hybridized carbons (Fsp3) is 0.889. The first-order valence-corrected chi connectivity index (χ1v) is 5.84. The molecular formula is C9H16N2OS. The molecule has 4 heteroatoms. The van der Waals surface area contributed by atoms with Crippen molar-refractivity contribution in [1.82, 2.24) is 5.32 Å². The summed E-state index contributed by atoms with van der Waals surface area (Å²) in [6, 6.07) is 0.587. The molecule has 2 unspecified atom stereocenters. The van der Waals surface area contributed by atoms with E-state index in [0.29, 0.717) is 12.0 Å². The van der Waals surface area contributed by atoms with Gasteiger partial charge in [0.25, 0.3) is 0 Å². The summed E-state index contributed by atoms with van der Waals surface area (Å²) in [4.78, 5) is 4.54. The van der Waals surface area contributed by atoms with Gasteiger partial charge in [-0.25, -0.2) is 0 Å². The molecule has 2 saturated heterocycles. The number of nitrogens with one attached hydrogen (secondary N) is 1. The van der Waals surface area contributed by atoms with Gasteiger partial charge in [0.1, 0.15) is 0 Å². The van der Waals surface area contributed by atoms with Gasteiger partial charge in [0.2, 0.25) is 0 Å². The minimum atomic E-state index is 0.587. The lowest BCUT2D eigenvalue weighted by Crippen LogP contribution is -2.23. The second kappa shape index (κ2) is 4.33. The number of thioether (sulfide) groups is 1. The average Bonchev–Trinajstić information content (AvgIpc) is 2.71. The van der Waals surface area contributed by atoms with Crippen molar-refractivity contribution in [2.75, 3.05) is 25.5 Å². The number of hydrogen-bond donors (Lipinski definition) is 1. The highest BCUT2D eigenvalue weighted by Gasteiger charge is 2.18. The summed E-state index contributed by atoms with van der Waals surface area (Å²) in [7, 11) is 0. The largest absolute Gasteiger partial charge is 0.381 e. The quantitative estimate of drug-likeness (QED) is 0.725. The van der Waals surface area contributed by atoms with Gasteiger partial charge >= 0.3 is 0 Å². The second-order valence-electron chi connectivity index (χ2n) is 3.73. The fourth-order valence-corrected chi connectivity index (χ4v) is 2.47. The molecule has 0 aromatic heterocycles. The number of aliphatic imine (C=N–C) groups is 1. The molecule has 0 spiro atoms. The molecule has 13 heavy (non-hydrogen) atoms. The molecule has 0 aliphatic carbocycles. The zero-order valence-corrected chi connectivity index (χ0v) is 8.77. The standard InChI is InChI=1S/C9H16N2OS/c1-7-6-13-9(11-7)10-4-8-2-3-12-5-8/h7-8H,2-6H2,1H3,(H,10,11). The lowest BCUT2D eigenvalue weighted by atomic mass is 10.1. The first-order chi connectivity index (χ1) is 6.34. The summed E-state index contributed by atoms with van der Waals surface area (Å²) < 4.78 is 5.30. The molecule has 2 rings (SSSR count). The number of ether oxygens (including phenoxy) is 1. The first-order valence-electron chi connectivity index (χ1n) is 4.86. The first kappa shape index (κ1) is 9.34. The van der Waals surface area contributed by atoms with Gasteiger partial charge in [-0.3, -0.25) is 4.99 Å². The summed E-state index contributed by atoms with van der Waals surface area (Å²) in [5, 5.41) is 4.47. The maximum Gasteiger partial charge on any atom is 0.156 e. The van der Waals surface area contributed by atoms with Crippen molar-refractivity contribution in [3.8, 4) is 0 Å². The summed E-state index contributed by atoms with van der Waals surface area (Å²) in [6.07, 6.45) is 1.18. The third kappa shape index (κ3) is 2.61. The Labute approximate surface area is 83.3 Å². The van der Waals surface area contributed by atoms with Crippen molar-refractivity contribution in [2.45, 2.75) is 19.4 Å². The molecule has 0 radical (unpaired) electrons. The summed E-state index contributed by atoms with van der Waals surface area (Å²) >= 11 is 1.83. The van der Waals surface area contributed by atoms with Crippen LogP contribution in [-0.2, 0) is 4.74 Å². The van der Waals surface area contributed by atoms with Gasteiger partial charge in [-0.15, -0.1) is 0 Å². The monoisotopic (exact) mass is 200 g/mol. The molecule has 74 valence electrons. The third-order valence-corrected chi connectivity index (χ3v) is 3.54. The Morgan fingerprint density at radius 1 is 1.69 bits per heavy atom. The lowest BCUT2D eigenvalue weighted by Gasteiger charge is -2.04. The molecule has 2 fully saturated rings. The van der Waals surface area contributed by atoms with E-state index in [2.05, 4.69) is 17.2 Å². The molecule has 0 aromatic carbocycles. The van der Waals surface area contributed by atoms with Crippen molar-refractivity contribution >= 4 is 16.9 Å². The predicted molar refractivity (Wildman–Crippen MR) is 56.3 cm³/mol. The fourth-order valence-electron chi connectivity index (χ4n) is 1.53. The number of amidine groups is 1. The minimum Gasteiger partial charge on any atom is -0.381 e. The topological polar surface area (TPSA) is 33.6 Å². The second-order valence-corrected chi connectivity index (χ2v) is 4.74. The molecule has 0 bridgehead atoms. The molecule has 0 saturated carbocycles. The zero-order valence-electron chi connectivity index (χ0n) is 7.95. The Morgan fingerprint density at radius 3 is 3.23 bits per heavy atom. The van der Waals surface area contributed by atoms with Gasteiger partial charge in [0.15, 0.2) is 5.17 Å². The van der Waals surface area contributed by atoms with E-state index in [1.54, 1.807) is 0 Å². The third-order valence-electron chi connectivity index (χ3n) is 2.36. The van der Waals surface area contributed by atoms with Crippen LogP contribution in [-0.4, -0.2) is 36.7 Å². The molecule has 2 atom stereocenters. The Morgan fingerprint density at radius 2 is 2.62 bits per heavy atom. The number of rotatable bonds is 2. The molecule has 2 aliphatic heterocycles. The van der Waals surface area contributed by atoms with Crippen LogP contribution in [0.1, 0.15) is 13.3 Å². The van der Waals surface area contributed by atoms with Crippen LogP contribution >= 0.6 is 11.8 Å². The van der Waals surface area contributed by atoms with E-state index >= 15 is 0 Å². The maximum atomic E-state index is 5.30. The van der Waals surface area contributed by atoms with Gasteiger partial charge in [0.05, 0.1) is 6.61 Å². The molecular weight excluding hydrogens is 184 g/mol. The Hall–Kier alpha value is -0.220. The van der Waals surface area contributed by atoms with E-state index in [-0.39, 0.29) is 0 Å².